The Labute approximate surface area is 157 Å². The van der Waals surface area contributed by atoms with Gasteiger partial charge in [-0.15, -0.1) is 0 Å². The highest BCUT2D eigenvalue weighted by Gasteiger charge is 2.14. The lowest BCUT2D eigenvalue weighted by molar-refractivity contribution is -0.129. The van der Waals surface area contributed by atoms with Gasteiger partial charge in [-0.2, -0.15) is 0 Å². The summed E-state index contributed by atoms with van der Waals surface area (Å²) in [5.74, 6) is -0.325. The lowest BCUT2D eigenvalue weighted by atomic mass is 10.1. The minimum Gasteiger partial charge on any atom is -0.338 e. The summed E-state index contributed by atoms with van der Waals surface area (Å²) in [7, 11) is 0. The summed E-state index contributed by atoms with van der Waals surface area (Å²) < 4.78 is 0. The highest BCUT2D eigenvalue weighted by atomic mass is 35.5. The van der Waals surface area contributed by atoms with E-state index < -0.39 is 0 Å². The van der Waals surface area contributed by atoms with Gasteiger partial charge in [-0.3, -0.25) is 9.59 Å². The number of hydrogen-bond acceptors (Lipinski definition) is 2. The Hall–Kier alpha value is -2.04. The molecule has 6 heteroatoms. The summed E-state index contributed by atoms with van der Waals surface area (Å²) in [6.07, 6.45) is 0.160. The van der Waals surface area contributed by atoms with Crippen LogP contribution in [0.15, 0.2) is 42.5 Å². The Kier molecular flexibility index (Phi) is 6.85. The van der Waals surface area contributed by atoms with Crippen LogP contribution < -0.4 is 5.32 Å². The van der Waals surface area contributed by atoms with Crippen LogP contribution >= 0.6 is 23.2 Å². The van der Waals surface area contributed by atoms with Crippen molar-refractivity contribution in [3.05, 3.63) is 63.6 Å². The van der Waals surface area contributed by atoms with Gasteiger partial charge in [0.15, 0.2) is 0 Å². The first kappa shape index (κ1) is 19.3. The summed E-state index contributed by atoms with van der Waals surface area (Å²) in [4.78, 5) is 25.7. The molecule has 0 aliphatic rings. The molecule has 0 radical (unpaired) electrons. The van der Waals surface area contributed by atoms with E-state index in [2.05, 4.69) is 5.32 Å². The number of amides is 2. The second-order valence-electron chi connectivity index (χ2n) is 5.82. The van der Waals surface area contributed by atoms with Crippen LogP contribution in [0.2, 0.25) is 10.0 Å². The van der Waals surface area contributed by atoms with E-state index in [1.807, 2.05) is 31.2 Å². The first-order valence-corrected chi connectivity index (χ1v) is 8.67. The monoisotopic (exact) mass is 378 g/mol. The zero-order valence-corrected chi connectivity index (χ0v) is 15.7. The van der Waals surface area contributed by atoms with Crippen LogP contribution in [-0.2, 0) is 16.1 Å². The van der Waals surface area contributed by atoms with Gasteiger partial charge in [0.2, 0.25) is 11.8 Å². The summed E-state index contributed by atoms with van der Waals surface area (Å²) >= 11 is 12.1. The molecule has 0 aliphatic carbocycles. The second-order valence-corrected chi connectivity index (χ2v) is 6.64. The molecule has 0 saturated carbocycles. The molecule has 0 fully saturated rings. The Morgan fingerprint density at radius 1 is 1.04 bits per heavy atom. The van der Waals surface area contributed by atoms with Crippen molar-refractivity contribution in [1.29, 1.82) is 0 Å². The molecule has 2 rings (SSSR count). The SMILES string of the molecule is CC(=O)N(CCC(=O)Nc1c(Cl)cccc1Cl)Cc1ccc(C)cc1. The second kappa shape index (κ2) is 8.88. The normalized spacial score (nSPS) is 10.4. The number of para-hydroxylation sites is 1. The van der Waals surface area contributed by atoms with Gasteiger partial charge >= 0.3 is 0 Å². The van der Waals surface area contributed by atoms with Crippen molar-refractivity contribution in [3.8, 4) is 0 Å². The quantitative estimate of drug-likeness (QED) is 0.792. The average molecular weight is 379 g/mol. The van der Waals surface area contributed by atoms with Gasteiger partial charge in [0.25, 0.3) is 0 Å². The van der Waals surface area contributed by atoms with Gasteiger partial charge in [0.05, 0.1) is 15.7 Å². The van der Waals surface area contributed by atoms with Crippen molar-refractivity contribution in [1.82, 2.24) is 4.90 Å². The van der Waals surface area contributed by atoms with Crippen LogP contribution in [0.1, 0.15) is 24.5 Å². The number of benzene rings is 2. The van der Waals surface area contributed by atoms with Crippen molar-refractivity contribution in [2.45, 2.75) is 26.8 Å². The van der Waals surface area contributed by atoms with Gasteiger partial charge in [-0.05, 0) is 24.6 Å². The number of hydrogen-bond donors (Lipinski definition) is 1. The number of aryl methyl sites for hydroxylation is 1. The molecule has 4 nitrogen and oxygen atoms in total. The van der Waals surface area contributed by atoms with Crippen LogP contribution in [0.3, 0.4) is 0 Å². The third kappa shape index (κ3) is 5.76. The molecule has 0 atom stereocenters. The first-order valence-electron chi connectivity index (χ1n) is 7.91. The van der Waals surface area contributed by atoms with Gasteiger partial charge in [-0.25, -0.2) is 0 Å². The van der Waals surface area contributed by atoms with Gasteiger partial charge in [0, 0.05) is 26.4 Å². The predicted octanol–water partition coefficient (Wildman–Crippen LogP) is 4.68. The molecular weight excluding hydrogens is 359 g/mol. The maximum Gasteiger partial charge on any atom is 0.226 e. The molecule has 0 saturated heterocycles. The minimum atomic E-state index is -0.245. The van der Waals surface area contributed by atoms with Crippen molar-refractivity contribution >= 4 is 40.7 Å². The molecule has 2 aromatic rings. The molecule has 25 heavy (non-hydrogen) atoms. The predicted molar refractivity (Wildman–Crippen MR) is 102 cm³/mol. The largest absolute Gasteiger partial charge is 0.338 e. The van der Waals surface area contributed by atoms with Crippen LogP contribution in [0.4, 0.5) is 5.69 Å². The van der Waals surface area contributed by atoms with Crippen LogP contribution in [0.25, 0.3) is 0 Å². The summed E-state index contributed by atoms with van der Waals surface area (Å²) in [6, 6.07) is 13.0. The van der Waals surface area contributed by atoms with Gasteiger partial charge in [0.1, 0.15) is 0 Å². The lowest BCUT2D eigenvalue weighted by Gasteiger charge is -2.21. The molecule has 0 spiro atoms. The number of carbonyl (C=O) groups excluding carboxylic acids is 2. The van der Waals surface area contributed by atoms with Crippen LogP contribution in [-0.4, -0.2) is 23.3 Å². The minimum absolute atomic E-state index is 0.0795. The third-order valence-corrected chi connectivity index (χ3v) is 4.41. The molecular formula is C19H20Cl2N2O2. The zero-order chi connectivity index (χ0) is 18.4. The zero-order valence-electron chi connectivity index (χ0n) is 14.2. The number of nitrogens with zero attached hydrogens (tertiary/aromatic N) is 1. The third-order valence-electron chi connectivity index (χ3n) is 3.78. The van der Waals surface area contributed by atoms with E-state index in [4.69, 9.17) is 23.2 Å². The fraction of sp³-hybridized carbons (Fsp3) is 0.263. The van der Waals surface area contributed by atoms with Crippen LogP contribution in [0.5, 0.6) is 0 Å². The van der Waals surface area contributed by atoms with E-state index in [-0.39, 0.29) is 18.2 Å². The Balaban J connectivity index is 1.95. The van der Waals surface area contributed by atoms with E-state index in [1.165, 1.54) is 6.92 Å². The molecule has 0 bridgehead atoms. The fourth-order valence-electron chi connectivity index (χ4n) is 2.32. The maximum atomic E-state index is 12.2. The lowest BCUT2D eigenvalue weighted by Crippen LogP contribution is -2.31. The standard InChI is InChI=1S/C19H20Cl2N2O2/c1-13-6-8-15(9-7-13)12-23(14(2)24)11-10-18(25)22-19-16(20)4-3-5-17(19)21/h3-9H,10-12H2,1-2H3,(H,22,25). The molecule has 0 aromatic heterocycles. The molecule has 0 heterocycles. The fourth-order valence-corrected chi connectivity index (χ4v) is 2.81. The van der Waals surface area contributed by atoms with Crippen molar-refractivity contribution < 1.29 is 9.59 Å². The summed E-state index contributed by atoms with van der Waals surface area (Å²) in [5.41, 5.74) is 2.58. The average Bonchev–Trinajstić information content (AvgIpc) is 2.56. The Morgan fingerprint density at radius 2 is 1.64 bits per heavy atom. The van der Waals surface area contributed by atoms with Crippen molar-refractivity contribution in [2.24, 2.45) is 0 Å². The number of rotatable bonds is 6. The molecule has 0 aliphatic heterocycles. The van der Waals surface area contributed by atoms with E-state index in [0.29, 0.717) is 28.8 Å². The topological polar surface area (TPSA) is 49.4 Å². The van der Waals surface area contributed by atoms with E-state index in [0.717, 1.165) is 11.1 Å². The maximum absolute atomic E-state index is 12.2. The van der Waals surface area contributed by atoms with Crippen LogP contribution in [0, 0.1) is 6.92 Å². The van der Waals surface area contributed by atoms with Gasteiger partial charge in [-0.1, -0.05) is 59.1 Å². The number of carbonyl (C=O) groups is 2. The van der Waals surface area contributed by atoms with Crippen molar-refractivity contribution in [3.63, 3.8) is 0 Å². The Bertz CT molecular complexity index is 740. The highest BCUT2D eigenvalue weighted by Crippen LogP contribution is 2.29. The number of halogens is 2. The molecule has 1 N–H and O–H groups in total. The molecule has 0 unspecified atom stereocenters. The molecule has 132 valence electrons. The van der Waals surface area contributed by atoms with Crippen molar-refractivity contribution in [2.75, 3.05) is 11.9 Å². The highest BCUT2D eigenvalue weighted by molar-refractivity contribution is 6.39. The van der Waals surface area contributed by atoms with E-state index >= 15 is 0 Å². The molecule has 2 amide bonds. The van der Waals surface area contributed by atoms with Gasteiger partial charge < -0.3 is 10.2 Å². The number of nitrogens with one attached hydrogen (secondary N) is 1. The van der Waals surface area contributed by atoms with E-state index in [1.54, 1.807) is 23.1 Å². The summed E-state index contributed by atoms with van der Waals surface area (Å²) in [5, 5.41) is 3.46. The summed E-state index contributed by atoms with van der Waals surface area (Å²) in [6.45, 7) is 4.29. The molecule has 2 aromatic carbocycles. The van der Waals surface area contributed by atoms with E-state index in [9.17, 15) is 9.59 Å². The Morgan fingerprint density at radius 3 is 2.20 bits per heavy atom. The number of anilines is 1. The first-order chi connectivity index (χ1) is 11.9. The smallest absolute Gasteiger partial charge is 0.226 e.